The molecule has 1 saturated heterocycles. The first-order valence-corrected chi connectivity index (χ1v) is 12.6. The van der Waals surface area contributed by atoms with Gasteiger partial charge in [0.05, 0.1) is 31.9 Å². The number of piperazine rings is 1. The van der Waals surface area contributed by atoms with Crippen LogP contribution in [0.15, 0.2) is 6.08 Å². The first-order valence-electron chi connectivity index (χ1n) is 12.6. The Morgan fingerprint density at radius 2 is 1.86 bits per heavy atom. The highest BCUT2D eigenvalue weighted by atomic mass is 16.6. The highest BCUT2D eigenvalue weighted by molar-refractivity contribution is 5.74. The summed E-state index contributed by atoms with van der Waals surface area (Å²) in [5.41, 5.74) is 2.14. The normalized spacial score (nSPS) is 16.8. The fourth-order valence-corrected chi connectivity index (χ4v) is 4.42. The molecule has 2 aliphatic heterocycles. The molecule has 196 valence electrons. The van der Waals surface area contributed by atoms with E-state index in [1.165, 1.54) is 0 Å². The van der Waals surface area contributed by atoms with Gasteiger partial charge in [-0.2, -0.15) is 14.5 Å². The van der Waals surface area contributed by atoms with Gasteiger partial charge in [-0.05, 0) is 46.1 Å². The minimum atomic E-state index is -0.538. The van der Waals surface area contributed by atoms with Crippen LogP contribution in [0.25, 0.3) is 11.4 Å². The van der Waals surface area contributed by atoms with Crippen molar-refractivity contribution in [3.05, 3.63) is 23.2 Å². The molecule has 0 bridgehead atoms. The molecule has 0 unspecified atom stereocenters. The van der Waals surface area contributed by atoms with Crippen LogP contribution in [0.2, 0.25) is 0 Å². The van der Waals surface area contributed by atoms with Crippen molar-refractivity contribution in [3.63, 3.8) is 0 Å². The Hall–Kier alpha value is -3.21. The van der Waals surface area contributed by atoms with Crippen LogP contribution < -0.4 is 4.90 Å². The predicted octanol–water partition coefficient (Wildman–Crippen LogP) is 2.65. The fourth-order valence-electron chi connectivity index (χ4n) is 4.42. The molecule has 2 aromatic heterocycles. The van der Waals surface area contributed by atoms with E-state index >= 15 is 0 Å². The molecule has 4 rings (SSSR count). The Bertz CT molecular complexity index is 1140. The summed E-state index contributed by atoms with van der Waals surface area (Å²) in [4.78, 5) is 38.6. The van der Waals surface area contributed by atoms with E-state index in [-0.39, 0.29) is 18.5 Å². The molecule has 0 spiro atoms. The third kappa shape index (κ3) is 5.77. The van der Waals surface area contributed by atoms with Crippen LogP contribution >= 0.6 is 0 Å². The van der Waals surface area contributed by atoms with E-state index in [0.29, 0.717) is 64.0 Å². The summed E-state index contributed by atoms with van der Waals surface area (Å²) in [7, 11) is 0. The number of carbonyl (C=O) groups is 2. The van der Waals surface area contributed by atoms with Crippen molar-refractivity contribution in [2.24, 2.45) is 0 Å². The van der Waals surface area contributed by atoms with Gasteiger partial charge in [0.15, 0.2) is 5.82 Å². The molecule has 36 heavy (non-hydrogen) atoms. The number of esters is 1. The summed E-state index contributed by atoms with van der Waals surface area (Å²) in [6, 6.07) is 0. The number of fused-ring (bicyclic) bond motifs is 1. The smallest absolute Gasteiger partial charge is 0.410 e. The SMILES string of the molecule is CCOC(=O)Cc1c(CC)c(N2CCN(C(=O)OC(C)(C)C)CC2)nc2nc(C3=CCOCC3)nn12. The van der Waals surface area contributed by atoms with Crippen molar-refractivity contribution in [2.75, 3.05) is 50.9 Å². The third-order valence-electron chi connectivity index (χ3n) is 6.12. The molecule has 1 amide bonds. The molecule has 11 nitrogen and oxygen atoms in total. The number of hydrogen-bond donors (Lipinski definition) is 0. The lowest BCUT2D eigenvalue weighted by Gasteiger charge is -2.37. The van der Waals surface area contributed by atoms with Crippen LogP contribution in [0.4, 0.5) is 10.6 Å². The summed E-state index contributed by atoms with van der Waals surface area (Å²) in [5.74, 6) is 1.50. The molecule has 0 radical (unpaired) electrons. The number of ether oxygens (including phenoxy) is 3. The van der Waals surface area contributed by atoms with Gasteiger partial charge in [-0.3, -0.25) is 4.79 Å². The third-order valence-corrected chi connectivity index (χ3v) is 6.12. The molecule has 2 aliphatic rings. The van der Waals surface area contributed by atoms with Crippen LogP contribution in [-0.2, 0) is 31.8 Å². The minimum absolute atomic E-state index is 0.0753. The van der Waals surface area contributed by atoms with Crippen LogP contribution in [0.1, 0.15) is 58.1 Å². The van der Waals surface area contributed by atoms with Gasteiger partial charge in [0.1, 0.15) is 11.4 Å². The lowest BCUT2D eigenvalue weighted by atomic mass is 10.1. The molecule has 0 N–H and O–H groups in total. The number of amides is 1. The molecule has 0 atom stereocenters. The largest absolute Gasteiger partial charge is 0.466 e. The number of aromatic nitrogens is 4. The average Bonchev–Trinajstić information content (AvgIpc) is 3.28. The van der Waals surface area contributed by atoms with E-state index in [1.807, 2.05) is 33.8 Å². The highest BCUT2D eigenvalue weighted by Gasteiger charge is 2.29. The van der Waals surface area contributed by atoms with Gasteiger partial charge < -0.3 is 24.0 Å². The van der Waals surface area contributed by atoms with E-state index in [2.05, 4.69) is 4.90 Å². The zero-order valence-corrected chi connectivity index (χ0v) is 21.9. The maximum absolute atomic E-state index is 12.5. The van der Waals surface area contributed by atoms with Crippen molar-refractivity contribution < 1.29 is 23.8 Å². The van der Waals surface area contributed by atoms with E-state index in [0.717, 1.165) is 29.1 Å². The van der Waals surface area contributed by atoms with Gasteiger partial charge in [0.25, 0.3) is 5.78 Å². The summed E-state index contributed by atoms with van der Waals surface area (Å²) in [5, 5.41) is 4.74. The van der Waals surface area contributed by atoms with Crippen LogP contribution in [-0.4, -0.2) is 88.1 Å². The molecule has 2 aromatic rings. The molecule has 0 aliphatic carbocycles. The lowest BCUT2D eigenvalue weighted by molar-refractivity contribution is -0.142. The molecular weight excluding hydrogens is 464 g/mol. The summed E-state index contributed by atoms with van der Waals surface area (Å²) < 4.78 is 17.9. The van der Waals surface area contributed by atoms with Crippen LogP contribution in [0.5, 0.6) is 0 Å². The first kappa shape index (κ1) is 25.9. The second kappa shape index (κ2) is 10.8. The van der Waals surface area contributed by atoms with Gasteiger partial charge in [-0.25, -0.2) is 4.79 Å². The average molecular weight is 501 g/mol. The van der Waals surface area contributed by atoms with Gasteiger partial charge in [0.2, 0.25) is 0 Å². The second-order valence-corrected chi connectivity index (χ2v) is 9.85. The second-order valence-electron chi connectivity index (χ2n) is 9.85. The summed E-state index contributed by atoms with van der Waals surface area (Å²) >= 11 is 0. The fraction of sp³-hybridized carbons (Fsp3) is 0.640. The Morgan fingerprint density at radius 1 is 1.11 bits per heavy atom. The first-order chi connectivity index (χ1) is 17.2. The van der Waals surface area contributed by atoms with E-state index in [1.54, 1.807) is 16.3 Å². The Labute approximate surface area is 211 Å². The van der Waals surface area contributed by atoms with Gasteiger partial charge in [0, 0.05) is 31.7 Å². The number of rotatable bonds is 6. The number of carbonyl (C=O) groups excluding carboxylic acids is 2. The van der Waals surface area contributed by atoms with Gasteiger partial charge >= 0.3 is 12.1 Å². The lowest BCUT2D eigenvalue weighted by Crippen LogP contribution is -2.50. The molecule has 4 heterocycles. The molecule has 0 aromatic carbocycles. The Morgan fingerprint density at radius 3 is 2.47 bits per heavy atom. The van der Waals surface area contributed by atoms with Crippen molar-refractivity contribution in [2.45, 2.75) is 59.5 Å². The van der Waals surface area contributed by atoms with Gasteiger partial charge in [-0.1, -0.05) is 13.0 Å². The zero-order chi connectivity index (χ0) is 25.9. The monoisotopic (exact) mass is 500 g/mol. The van der Waals surface area contributed by atoms with Crippen LogP contribution in [0.3, 0.4) is 0 Å². The van der Waals surface area contributed by atoms with E-state index in [4.69, 9.17) is 29.3 Å². The number of nitrogens with zero attached hydrogens (tertiary/aromatic N) is 6. The van der Waals surface area contributed by atoms with Crippen LogP contribution in [0, 0.1) is 0 Å². The zero-order valence-electron chi connectivity index (χ0n) is 21.9. The van der Waals surface area contributed by atoms with Gasteiger partial charge in [-0.15, -0.1) is 5.10 Å². The summed E-state index contributed by atoms with van der Waals surface area (Å²) in [6.45, 7) is 13.1. The minimum Gasteiger partial charge on any atom is -0.466 e. The number of hydrogen-bond acceptors (Lipinski definition) is 9. The highest BCUT2D eigenvalue weighted by Crippen LogP contribution is 2.27. The maximum Gasteiger partial charge on any atom is 0.410 e. The molecule has 11 heteroatoms. The quantitative estimate of drug-likeness (QED) is 0.553. The van der Waals surface area contributed by atoms with Crippen molar-refractivity contribution in [3.8, 4) is 0 Å². The van der Waals surface area contributed by atoms with E-state index < -0.39 is 5.60 Å². The van der Waals surface area contributed by atoms with Crippen molar-refractivity contribution in [1.82, 2.24) is 24.5 Å². The number of anilines is 1. The van der Waals surface area contributed by atoms with E-state index in [9.17, 15) is 9.59 Å². The Kier molecular flexibility index (Phi) is 7.77. The summed E-state index contributed by atoms with van der Waals surface area (Å²) in [6.07, 6.45) is 3.14. The molecule has 1 fully saturated rings. The maximum atomic E-state index is 12.5. The molecular formula is C25H36N6O5. The standard InChI is InChI=1S/C25H36N6O5/c1-6-18-19(16-20(32)35-7-2)31-23(26-21(28-31)17-8-14-34-15-9-17)27-22(18)29-10-12-30(13-11-29)24(33)36-25(3,4)5/h8H,6-7,9-16H2,1-5H3. The molecule has 0 saturated carbocycles. The Balaban J connectivity index is 1.67. The predicted molar refractivity (Wildman–Crippen MR) is 134 cm³/mol. The van der Waals surface area contributed by atoms with Crippen molar-refractivity contribution in [1.29, 1.82) is 0 Å². The van der Waals surface area contributed by atoms with Crippen molar-refractivity contribution >= 4 is 29.2 Å². The topological polar surface area (TPSA) is 111 Å².